The zero-order valence-corrected chi connectivity index (χ0v) is 7.93. The van der Waals surface area contributed by atoms with Crippen molar-refractivity contribution >= 4 is 5.82 Å². The number of nitrogens with one attached hydrogen (secondary N) is 2. The number of hydrogen-bond acceptors (Lipinski definition) is 5. The van der Waals surface area contributed by atoms with Crippen LogP contribution in [0.1, 0.15) is 0 Å². The normalized spacial score (nSPS) is 10.2. The van der Waals surface area contributed by atoms with Gasteiger partial charge >= 0.3 is 11.4 Å². The van der Waals surface area contributed by atoms with Crippen LogP contribution in [0.2, 0.25) is 0 Å². The fraction of sp³-hybridized carbons (Fsp3) is 0. The second-order valence-corrected chi connectivity index (χ2v) is 2.97. The highest BCUT2D eigenvalue weighted by molar-refractivity contribution is 5.49. The molecule has 0 radical (unpaired) electrons. The lowest BCUT2D eigenvalue weighted by Gasteiger charge is -2.05. The summed E-state index contributed by atoms with van der Waals surface area (Å²) < 4.78 is 1.07. The topological polar surface area (TPSA) is 127 Å². The van der Waals surface area contributed by atoms with E-state index in [1.807, 2.05) is 0 Å². The summed E-state index contributed by atoms with van der Waals surface area (Å²) in [5.41, 5.74) is 3.92. The van der Waals surface area contributed by atoms with Gasteiger partial charge in [0.05, 0.1) is 6.20 Å². The molecule has 82 valence electrons. The first-order chi connectivity index (χ1) is 7.58. The number of rotatable bonds is 1. The molecule has 0 spiro atoms. The van der Waals surface area contributed by atoms with E-state index in [4.69, 9.17) is 5.73 Å². The number of nitrogen functional groups attached to an aromatic ring is 1. The Hall–Kier alpha value is -2.64. The van der Waals surface area contributed by atoms with Gasteiger partial charge in [-0.2, -0.15) is 4.98 Å². The molecule has 4 N–H and O–H groups in total. The summed E-state index contributed by atoms with van der Waals surface area (Å²) in [5, 5.41) is 0. The molecule has 0 saturated heterocycles. The molecule has 0 amide bonds. The molecule has 0 aliphatic heterocycles. The van der Waals surface area contributed by atoms with E-state index in [0.717, 1.165) is 16.8 Å². The highest BCUT2D eigenvalue weighted by atomic mass is 16.2. The van der Waals surface area contributed by atoms with Crippen LogP contribution >= 0.6 is 0 Å². The molecular formula is C8H7N5O3. The van der Waals surface area contributed by atoms with Crippen molar-refractivity contribution in [1.82, 2.24) is 19.5 Å². The Morgan fingerprint density at radius 2 is 2.00 bits per heavy atom. The monoisotopic (exact) mass is 221 g/mol. The Balaban J connectivity index is 2.73. The van der Waals surface area contributed by atoms with Gasteiger partial charge in [0.15, 0.2) is 0 Å². The van der Waals surface area contributed by atoms with Gasteiger partial charge in [0, 0.05) is 12.3 Å². The van der Waals surface area contributed by atoms with E-state index in [1.54, 1.807) is 0 Å². The highest BCUT2D eigenvalue weighted by Gasteiger charge is 2.05. The minimum absolute atomic E-state index is 0.00542. The van der Waals surface area contributed by atoms with Crippen LogP contribution < -0.4 is 22.7 Å². The van der Waals surface area contributed by atoms with Crippen molar-refractivity contribution in [3.8, 4) is 5.69 Å². The van der Waals surface area contributed by atoms with E-state index >= 15 is 0 Å². The highest BCUT2D eigenvalue weighted by Crippen LogP contribution is 2.06. The first-order valence-electron chi connectivity index (χ1n) is 4.25. The number of aromatic nitrogens is 4. The fourth-order valence-electron chi connectivity index (χ4n) is 1.20. The number of H-pyrrole nitrogens is 2. The molecule has 8 nitrogen and oxygen atoms in total. The van der Waals surface area contributed by atoms with Gasteiger partial charge in [0.25, 0.3) is 5.56 Å². The van der Waals surface area contributed by atoms with Crippen molar-refractivity contribution in [1.29, 1.82) is 0 Å². The van der Waals surface area contributed by atoms with Gasteiger partial charge in [-0.15, -0.1) is 0 Å². The van der Waals surface area contributed by atoms with Gasteiger partial charge in [-0.25, -0.2) is 9.59 Å². The summed E-state index contributed by atoms with van der Waals surface area (Å²) >= 11 is 0. The number of nitrogens with zero attached hydrogens (tertiary/aromatic N) is 2. The zero-order chi connectivity index (χ0) is 11.7. The van der Waals surface area contributed by atoms with Crippen LogP contribution in [0.25, 0.3) is 5.69 Å². The van der Waals surface area contributed by atoms with E-state index in [2.05, 4.69) is 15.0 Å². The summed E-state index contributed by atoms with van der Waals surface area (Å²) in [7, 11) is 0. The van der Waals surface area contributed by atoms with E-state index in [1.165, 1.54) is 6.20 Å². The van der Waals surface area contributed by atoms with Crippen molar-refractivity contribution in [2.75, 3.05) is 5.73 Å². The lowest BCUT2D eigenvalue weighted by Crippen LogP contribution is -2.29. The molecule has 0 aliphatic rings. The maximum atomic E-state index is 11.4. The van der Waals surface area contributed by atoms with Crippen LogP contribution in [-0.2, 0) is 0 Å². The van der Waals surface area contributed by atoms with Crippen LogP contribution in [0.15, 0.2) is 32.8 Å². The quantitative estimate of drug-likeness (QED) is 0.523. The molecule has 2 heterocycles. The summed E-state index contributed by atoms with van der Waals surface area (Å²) in [6.07, 6.45) is 2.39. The lowest BCUT2D eigenvalue weighted by molar-refractivity contribution is 0.879. The van der Waals surface area contributed by atoms with Crippen molar-refractivity contribution in [3.05, 3.63) is 49.8 Å². The van der Waals surface area contributed by atoms with Gasteiger partial charge in [-0.3, -0.25) is 19.3 Å². The lowest BCUT2D eigenvalue weighted by atomic mass is 10.4. The Labute approximate surface area is 87.4 Å². The van der Waals surface area contributed by atoms with E-state index in [9.17, 15) is 14.4 Å². The van der Waals surface area contributed by atoms with E-state index < -0.39 is 16.9 Å². The molecule has 2 rings (SSSR count). The summed E-state index contributed by atoms with van der Waals surface area (Å²) in [4.78, 5) is 40.8. The predicted octanol–water partition coefficient (Wildman–Crippen LogP) is -1.81. The Bertz CT molecular complexity index is 696. The third kappa shape index (κ3) is 1.63. The first-order valence-corrected chi connectivity index (χ1v) is 4.25. The molecule has 0 atom stereocenters. The van der Waals surface area contributed by atoms with Crippen LogP contribution in [0, 0.1) is 0 Å². The van der Waals surface area contributed by atoms with Crippen LogP contribution in [0.4, 0.5) is 5.82 Å². The van der Waals surface area contributed by atoms with Gasteiger partial charge in [0.2, 0.25) is 0 Å². The minimum atomic E-state index is -0.659. The number of anilines is 1. The van der Waals surface area contributed by atoms with Crippen LogP contribution in [-0.4, -0.2) is 19.5 Å². The van der Waals surface area contributed by atoms with Crippen molar-refractivity contribution in [2.24, 2.45) is 0 Å². The maximum absolute atomic E-state index is 11.4. The van der Waals surface area contributed by atoms with Crippen molar-refractivity contribution < 1.29 is 0 Å². The molecule has 2 aromatic rings. The minimum Gasteiger partial charge on any atom is -0.383 e. The van der Waals surface area contributed by atoms with Crippen LogP contribution in [0.3, 0.4) is 0 Å². The molecule has 0 saturated carbocycles. The molecular weight excluding hydrogens is 214 g/mol. The molecule has 2 aromatic heterocycles. The van der Waals surface area contributed by atoms with E-state index in [0.29, 0.717) is 0 Å². The summed E-state index contributed by atoms with van der Waals surface area (Å²) in [5.74, 6) is -0.00542. The first kappa shape index (κ1) is 9.90. The molecule has 16 heavy (non-hydrogen) atoms. The predicted molar refractivity (Wildman–Crippen MR) is 55.5 cm³/mol. The molecule has 8 heteroatoms. The number of nitrogens with two attached hydrogens (primary N) is 1. The SMILES string of the molecule is Nc1[nH]c(=O)ncc1-n1ccc(=O)[nH]c1=O. The van der Waals surface area contributed by atoms with Gasteiger partial charge in [0.1, 0.15) is 11.5 Å². The maximum Gasteiger partial charge on any atom is 0.346 e. The molecule has 0 fully saturated rings. The average Bonchev–Trinajstić information content (AvgIpc) is 2.19. The fourth-order valence-corrected chi connectivity index (χ4v) is 1.20. The Morgan fingerprint density at radius 1 is 1.25 bits per heavy atom. The Morgan fingerprint density at radius 3 is 2.62 bits per heavy atom. The third-order valence-electron chi connectivity index (χ3n) is 1.91. The van der Waals surface area contributed by atoms with Gasteiger partial charge in [-0.05, 0) is 0 Å². The van der Waals surface area contributed by atoms with Crippen molar-refractivity contribution in [2.45, 2.75) is 0 Å². The van der Waals surface area contributed by atoms with Gasteiger partial charge < -0.3 is 5.73 Å². The Kier molecular flexibility index (Phi) is 2.16. The smallest absolute Gasteiger partial charge is 0.346 e. The molecule has 0 aliphatic carbocycles. The van der Waals surface area contributed by atoms with Gasteiger partial charge in [-0.1, -0.05) is 0 Å². The van der Waals surface area contributed by atoms with Crippen molar-refractivity contribution in [3.63, 3.8) is 0 Å². The summed E-state index contributed by atoms with van der Waals surface area (Å²) in [6.45, 7) is 0. The second-order valence-electron chi connectivity index (χ2n) is 2.97. The third-order valence-corrected chi connectivity index (χ3v) is 1.91. The molecule has 0 aromatic carbocycles. The van der Waals surface area contributed by atoms with Crippen LogP contribution in [0.5, 0.6) is 0 Å². The zero-order valence-electron chi connectivity index (χ0n) is 7.93. The number of hydrogen-bond donors (Lipinski definition) is 3. The summed E-state index contributed by atoms with van der Waals surface area (Å²) in [6, 6.07) is 1.16. The van der Waals surface area contributed by atoms with E-state index in [-0.39, 0.29) is 11.5 Å². The second kappa shape index (κ2) is 3.50. The average molecular weight is 221 g/mol. The molecule has 0 unspecified atom stereocenters. The standard InChI is InChI=1S/C8H7N5O3/c9-6-4(3-10-7(15)12-6)13-2-1-5(14)11-8(13)16/h1-3H,(H,11,14,16)(H3,9,10,12,15). The molecule has 0 bridgehead atoms. The number of aromatic amines is 2. The largest absolute Gasteiger partial charge is 0.383 e.